The van der Waals surface area contributed by atoms with E-state index in [9.17, 15) is 13.2 Å². The smallest absolute Gasteiger partial charge is 0.326 e. The molecule has 0 amide bonds. The maximum absolute atomic E-state index is 12.7. The van der Waals surface area contributed by atoms with Gasteiger partial charge in [0.2, 0.25) is 5.95 Å². The average molecular weight is 281 g/mol. The van der Waals surface area contributed by atoms with Gasteiger partial charge in [0.25, 0.3) is 0 Å². The molecule has 1 aromatic carbocycles. The first kappa shape index (κ1) is 13.0. The molecule has 3 rings (SSSR count). The number of rotatable bonds is 3. The number of nitrogens with zero attached hydrogens (tertiary/aromatic N) is 2. The lowest BCUT2D eigenvalue weighted by atomic mass is 10.2. The van der Waals surface area contributed by atoms with Crippen LogP contribution in [0.15, 0.2) is 30.5 Å². The molecule has 1 fully saturated rings. The molecule has 0 bridgehead atoms. The molecular formula is C14H14F3N3. The van der Waals surface area contributed by atoms with E-state index in [1.807, 2.05) is 17.7 Å². The van der Waals surface area contributed by atoms with Crippen molar-refractivity contribution in [1.29, 1.82) is 0 Å². The summed E-state index contributed by atoms with van der Waals surface area (Å²) in [6.45, 7) is 1.87. The standard InChI is InChI=1S/C14H14F3N3/c1-9-8-20(12-5-6-12)13(18-9)19-11-4-2-3-10(7-11)14(15,16)17/h2-4,7-8,12H,5-6H2,1H3,(H,18,19). The predicted octanol–water partition coefficient (Wildman–Crippen LogP) is 4.29. The number of anilines is 2. The SMILES string of the molecule is Cc1cn(C2CC2)c(Nc2cccc(C(F)(F)F)c2)n1. The van der Waals surface area contributed by atoms with Crippen LogP contribution in [0, 0.1) is 6.92 Å². The number of halogens is 3. The fraction of sp³-hybridized carbons (Fsp3) is 0.357. The van der Waals surface area contributed by atoms with Crippen molar-refractivity contribution in [1.82, 2.24) is 9.55 Å². The predicted molar refractivity (Wildman–Crippen MR) is 70.0 cm³/mol. The minimum Gasteiger partial charge on any atom is -0.326 e. The molecule has 6 heteroatoms. The molecule has 1 heterocycles. The van der Waals surface area contributed by atoms with Crippen LogP contribution in [0.1, 0.15) is 30.1 Å². The van der Waals surface area contributed by atoms with Gasteiger partial charge in [-0.15, -0.1) is 0 Å². The third-order valence-electron chi connectivity index (χ3n) is 3.24. The Labute approximate surface area is 114 Å². The summed E-state index contributed by atoms with van der Waals surface area (Å²) < 4.78 is 40.0. The lowest BCUT2D eigenvalue weighted by molar-refractivity contribution is -0.137. The van der Waals surface area contributed by atoms with Crippen LogP contribution in [0.5, 0.6) is 0 Å². The van der Waals surface area contributed by atoms with E-state index in [2.05, 4.69) is 10.3 Å². The van der Waals surface area contributed by atoms with Gasteiger partial charge < -0.3 is 9.88 Å². The van der Waals surface area contributed by atoms with E-state index in [-0.39, 0.29) is 0 Å². The lowest BCUT2D eigenvalue weighted by Crippen LogP contribution is -2.06. The van der Waals surface area contributed by atoms with E-state index in [1.54, 1.807) is 6.07 Å². The molecule has 1 aliphatic rings. The average Bonchev–Trinajstić information content (AvgIpc) is 3.14. The Kier molecular flexibility index (Phi) is 2.96. The van der Waals surface area contributed by atoms with E-state index < -0.39 is 11.7 Å². The number of hydrogen-bond acceptors (Lipinski definition) is 2. The Morgan fingerprint density at radius 3 is 2.70 bits per heavy atom. The molecule has 1 aliphatic carbocycles. The molecule has 0 unspecified atom stereocenters. The topological polar surface area (TPSA) is 29.9 Å². The molecule has 0 radical (unpaired) electrons. The molecule has 2 aromatic rings. The number of nitrogens with one attached hydrogen (secondary N) is 1. The van der Waals surface area contributed by atoms with Crippen LogP contribution in [-0.4, -0.2) is 9.55 Å². The highest BCUT2D eigenvalue weighted by molar-refractivity contribution is 5.55. The summed E-state index contributed by atoms with van der Waals surface area (Å²) >= 11 is 0. The number of benzene rings is 1. The molecule has 0 saturated heterocycles. The summed E-state index contributed by atoms with van der Waals surface area (Å²) in [5.74, 6) is 0.601. The fourth-order valence-electron chi connectivity index (χ4n) is 2.14. The molecular weight excluding hydrogens is 267 g/mol. The van der Waals surface area contributed by atoms with E-state index in [0.29, 0.717) is 17.7 Å². The van der Waals surface area contributed by atoms with Gasteiger partial charge in [-0.3, -0.25) is 0 Å². The number of alkyl halides is 3. The first-order chi connectivity index (χ1) is 9.43. The van der Waals surface area contributed by atoms with Crippen molar-refractivity contribution in [3.63, 3.8) is 0 Å². The van der Waals surface area contributed by atoms with Crippen molar-refractivity contribution < 1.29 is 13.2 Å². The van der Waals surface area contributed by atoms with Crippen LogP contribution in [0.4, 0.5) is 24.8 Å². The van der Waals surface area contributed by atoms with Gasteiger partial charge in [-0.25, -0.2) is 4.98 Å². The number of aryl methyl sites for hydroxylation is 1. The molecule has 0 spiro atoms. The summed E-state index contributed by atoms with van der Waals surface area (Å²) in [7, 11) is 0. The van der Waals surface area contributed by atoms with Crippen LogP contribution < -0.4 is 5.32 Å². The summed E-state index contributed by atoms with van der Waals surface area (Å²) in [5.41, 5.74) is 0.586. The summed E-state index contributed by atoms with van der Waals surface area (Å²) in [4.78, 5) is 4.33. The van der Waals surface area contributed by atoms with Crippen LogP contribution in [0.2, 0.25) is 0 Å². The first-order valence-electron chi connectivity index (χ1n) is 6.43. The second-order valence-corrected chi connectivity index (χ2v) is 5.05. The van der Waals surface area contributed by atoms with Gasteiger partial charge in [-0.2, -0.15) is 13.2 Å². The zero-order valence-corrected chi connectivity index (χ0v) is 10.9. The van der Waals surface area contributed by atoms with Crippen molar-refractivity contribution in [2.75, 3.05) is 5.32 Å². The second kappa shape index (κ2) is 4.54. The van der Waals surface area contributed by atoms with E-state index in [4.69, 9.17) is 0 Å². The summed E-state index contributed by atoms with van der Waals surface area (Å²) in [5, 5.41) is 2.98. The summed E-state index contributed by atoms with van der Waals surface area (Å²) in [6.07, 6.45) is -0.229. The van der Waals surface area contributed by atoms with E-state index >= 15 is 0 Å². The van der Waals surface area contributed by atoms with Crippen molar-refractivity contribution in [3.8, 4) is 0 Å². The first-order valence-corrected chi connectivity index (χ1v) is 6.43. The Bertz CT molecular complexity index is 627. The molecule has 0 atom stereocenters. The number of imidazole rings is 1. The highest BCUT2D eigenvalue weighted by atomic mass is 19.4. The zero-order valence-electron chi connectivity index (χ0n) is 10.9. The zero-order chi connectivity index (χ0) is 14.3. The Morgan fingerprint density at radius 1 is 1.30 bits per heavy atom. The molecule has 0 aliphatic heterocycles. The minimum atomic E-state index is -4.33. The third-order valence-corrected chi connectivity index (χ3v) is 3.24. The number of hydrogen-bond donors (Lipinski definition) is 1. The van der Waals surface area contributed by atoms with Crippen molar-refractivity contribution in [3.05, 3.63) is 41.7 Å². The minimum absolute atomic E-state index is 0.396. The van der Waals surface area contributed by atoms with Crippen LogP contribution in [0.25, 0.3) is 0 Å². The van der Waals surface area contributed by atoms with Crippen LogP contribution >= 0.6 is 0 Å². The van der Waals surface area contributed by atoms with Crippen molar-refractivity contribution in [2.45, 2.75) is 32.0 Å². The highest BCUT2D eigenvalue weighted by Gasteiger charge is 2.31. The third kappa shape index (κ3) is 2.64. The Balaban J connectivity index is 1.88. The molecule has 20 heavy (non-hydrogen) atoms. The van der Waals surface area contributed by atoms with Crippen LogP contribution in [-0.2, 0) is 6.18 Å². The van der Waals surface area contributed by atoms with E-state index in [0.717, 1.165) is 30.7 Å². The second-order valence-electron chi connectivity index (χ2n) is 5.05. The Morgan fingerprint density at radius 2 is 2.05 bits per heavy atom. The largest absolute Gasteiger partial charge is 0.416 e. The quantitative estimate of drug-likeness (QED) is 0.909. The maximum Gasteiger partial charge on any atom is 0.416 e. The highest BCUT2D eigenvalue weighted by Crippen LogP contribution is 2.38. The number of aromatic nitrogens is 2. The molecule has 106 valence electrons. The van der Waals surface area contributed by atoms with Crippen LogP contribution in [0.3, 0.4) is 0 Å². The van der Waals surface area contributed by atoms with Gasteiger partial charge in [0.15, 0.2) is 0 Å². The molecule has 1 saturated carbocycles. The summed E-state index contributed by atoms with van der Waals surface area (Å²) in [6, 6.07) is 5.58. The van der Waals surface area contributed by atoms with Gasteiger partial charge in [-0.1, -0.05) is 6.07 Å². The van der Waals surface area contributed by atoms with Crippen molar-refractivity contribution in [2.24, 2.45) is 0 Å². The van der Waals surface area contributed by atoms with Gasteiger partial charge in [0.05, 0.1) is 11.3 Å². The van der Waals surface area contributed by atoms with Gasteiger partial charge in [0, 0.05) is 17.9 Å². The molecule has 1 aromatic heterocycles. The Hall–Kier alpha value is -1.98. The molecule has 3 nitrogen and oxygen atoms in total. The van der Waals surface area contributed by atoms with Gasteiger partial charge in [0.1, 0.15) is 0 Å². The van der Waals surface area contributed by atoms with Gasteiger partial charge in [-0.05, 0) is 38.0 Å². The van der Waals surface area contributed by atoms with Crippen molar-refractivity contribution >= 4 is 11.6 Å². The fourth-order valence-corrected chi connectivity index (χ4v) is 2.14. The lowest BCUT2D eigenvalue weighted by Gasteiger charge is -2.11. The monoisotopic (exact) mass is 281 g/mol. The molecule has 1 N–H and O–H groups in total. The normalized spacial score (nSPS) is 15.4. The van der Waals surface area contributed by atoms with Gasteiger partial charge >= 0.3 is 6.18 Å². The van der Waals surface area contributed by atoms with E-state index in [1.165, 1.54) is 6.07 Å². The maximum atomic E-state index is 12.7.